The van der Waals surface area contributed by atoms with E-state index in [1.807, 2.05) is 6.07 Å². The maximum atomic E-state index is 12.4. The zero-order chi connectivity index (χ0) is 16.2. The van der Waals surface area contributed by atoms with Crippen LogP contribution in [0.3, 0.4) is 0 Å². The van der Waals surface area contributed by atoms with Crippen LogP contribution in [0.4, 0.5) is 13.2 Å². The molecule has 1 N–H and O–H groups in total. The summed E-state index contributed by atoms with van der Waals surface area (Å²) < 4.78 is 42.6. The highest BCUT2D eigenvalue weighted by Gasteiger charge is 2.32. The lowest BCUT2D eigenvalue weighted by Crippen LogP contribution is -2.07. The van der Waals surface area contributed by atoms with Crippen molar-refractivity contribution in [2.24, 2.45) is 0 Å². The van der Waals surface area contributed by atoms with Crippen LogP contribution in [0, 0.1) is 11.3 Å². The molecule has 7 heteroatoms. The van der Waals surface area contributed by atoms with E-state index >= 15 is 0 Å². The Bertz CT molecular complexity index is 691. The molecule has 0 aliphatic rings. The molecule has 2 rings (SSSR count). The van der Waals surface area contributed by atoms with Gasteiger partial charge in [0.15, 0.2) is 0 Å². The third kappa shape index (κ3) is 3.74. The molecule has 0 radical (unpaired) electrons. The highest BCUT2D eigenvalue weighted by Crippen LogP contribution is 2.30. The minimum atomic E-state index is -4.51. The van der Waals surface area contributed by atoms with Crippen LogP contribution in [0.5, 0.6) is 11.5 Å². The number of alkyl halides is 3. The normalized spacial score (nSPS) is 11.0. The van der Waals surface area contributed by atoms with E-state index in [0.717, 1.165) is 23.9 Å². The van der Waals surface area contributed by atoms with Crippen molar-refractivity contribution in [1.29, 1.82) is 5.26 Å². The van der Waals surface area contributed by atoms with Crippen molar-refractivity contribution in [3.8, 4) is 17.6 Å². The number of pyridine rings is 1. The summed E-state index contributed by atoms with van der Waals surface area (Å²) in [6.45, 7) is -0.0477. The van der Waals surface area contributed by atoms with Gasteiger partial charge in [0.2, 0.25) is 0 Å². The molecule has 2 aromatic rings. The Morgan fingerprint density at radius 3 is 2.55 bits per heavy atom. The molecule has 0 spiro atoms. The van der Waals surface area contributed by atoms with E-state index < -0.39 is 11.9 Å². The number of aliphatic hydroxyl groups is 1. The molecule has 1 aromatic heterocycles. The summed E-state index contributed by atoms with van der Waals surface area (Å²) in [6, 6.07) is 8.65. The van der Waals surface area contributed by atoms with Crippen molar-refractivity contribution in [2.45, 2.75) is 12.6 Å². The summed E-state index contributed by atoms with van der Waals surface area (Å²) in [5.74, 6) is 0.310. The first-order valence-electron chi connectivity index (χ1n) is 6.29. The third-order valence-electron chi connectivity index (χ3n) is 2.82. The molecule has 0 aliphatic heterocycles. The molecule has 0 amide bonds. The van der Waals surface area contributed by atoms with Gasteiger partial charge < -0.3 is 9.84 Å². The summed E-state index contributed by atoms with van der Waals surface area (Å²) in [6.07, 6.45) is -3.16. The zero-order valence-electron chi connectivity index (χ0n) is 11.3. The van der Waals surface area contributed by atoms with Crippen LogP contribution in [0.25, 0.3) is 0 Å². The van der Waals surface area contributed by atoms with E-state index in [1.54, 1.807) is 12.1 Å². The summed E-state index contributed by atoms with van der Waals surface area (Å²) in [4.78, 5) is 3.28. The fraction of sp³-hybridized carbons (Fsp3) is 0.200. The van der Waals surface area contributed by atoms with Crippen molar-refractivity contribution in [3.63, 3.8) is 0 Å². The Hall–Kier alpha value is -2.59. The second-order valence-electron chi connectivity index (χ2n) is 4.39. The largest absolute Gasteiger partial charge is 0.454 e. The standard InChI is InChI=1S/C15H11F3N2O2/c16-15(17,18)14-4-2-12(9-20-14)22-13-3-1-10(5-6-21)7-11(13)8-19/h1-4,7,9,21H,5-6H2. The minimum Gasteiger partial charge on any atom is -0.454 e. The molecule has 0 aliphatic carbocycles. The number of benzene rings is 1. The van der Waals surface area contributed by atoms with Crippen molar-refractivity contribution in [2.75, 3.05) is 6.61 Å². The second-order valence-corrected chi connectivity index (χ2v) is 4.39. The molecule has 114 valence electrons. The molecule has 1 heterocycles. The fourth-order valence-electron chi connectivity index (χ4n) is 1.77. The molecule has 4 nitrogen and oxygen atoms in total. The van der Waals surface area contributed by atoms with E-state index in [9.17, 15) is 13.2 Å². The maximum absolute atomic E-state index is 12.4. The van der Waals surface area contributed by atoms with Crippen LogP contribution in [0.1, 0.15) is 16.8 Å². The molecular formula is C15H11F3N2O2. The molecule has 0 bridgehead atoms. The third-order valence-corrected chi connectivity index (χ3v) is 2.82. The lowest BCUT2D eigenvalue weighted by atomic mass is 10.1. The Labute approximate surface area is 124 Å². The summed E-state index contributed by atoms with van der Waals surface area (Å²) in [5, 5.41) is 17.9. The van der Waals surface area contributed by atoms with Gasteiger partial charge >= 0.3 is 6.18 Å². The van der Waals surface area contributed by atoms with Gasteiger partial charge in [-0.2, -0.15) is 18.4 Å². The molecule has 0 saturated carbocycles. The molecule has 0 fully saturated rings. The van der Waals surface area contributed by atoms with Crippen LogP contribution < -0.4 is 4.74 Å². The number of nitrogens with zero attached hydrogens (tertiary/aromatic N) is 2. The average Bonchev–Trinajstić information content (AvgIpc) is 2.48. The predicted molar refractivity (Wildman–Crippen MR) is 71.3 cm³/mol. The van der Waals surface area contributed by atoms with Gasteiger partial charge in [-0.3, -0.25) is 0 Å². The van der Waals surface area contributed by atoms with Crippen LogP contribution >= 0.6 is 0 Å². The van der Waals surface area contributed by atoms with Gasteiger partial charge in [0.1, 0.15) is 23.3 Å². The summed E-state index contributed by atoms with van der Waals surface area (Å²) in [5.41, 5.74) is -0.0264. The summed E-state index contributed by atoms with van der Waals surface area (Å²) >= 11 is 0. The van der Waals surface area contributed by atoms with Crippen molar-refractivity contribution >= 4 is 0 Å². The number of hydrogen-bond donors (Lipinski definition) is 1. The van der Waals surface area contributed by atoms with E-state index in [2.05, 4.69) is 4.98 Å². The lowest BCUT2D eigenvalue weighted by Gasteiger charge is -2.10. The minimum absolute atomic E-state index is 0.0477. The molecular weight excluding hydrogens is 297 g/mol. The second kappa shape index (κ2) is 6.45. The average molecular weight is 308 g/mol. The Morgan fingerprint density at radius 1 is 1.23 bits per heavy atom. The van der Waals surface area contributed by atoms with Gasteiger partial charge in [-0.05, 0) is 36.2 Å². The highest BCUT2D eigenvalue weighted by atomic mass is 19.4. The van der Waals surface area contributed by atoms with Gasteiger partial charge in [0.25, 0.3) is 0 Å². The maximum Gasteiger partial charge on any atom is 0.433 e. The quantitative estimate of drug-likeness (QED) is 0.941. The van der Waals surface area contributed by atoms with Crippen LogP contribution in [0.15, 0.2) is 36.5 Å². The van der Waals surface area contributed by atoms with E-state index in [1.165, 1.54) is 6.07 Å². The smallest absolute Gasteiger partial charge is 0.433 e. The number of halogens is 3. The number of nitriles is 1. The van der Waals surface area contributed by atoms with Gasteiger partial charge in [-0.25, -0.2) is 4.98 Å². The van der Waals surface area contributed by atoms with E-state index in [-0.39, 0.29) is 23.7 Å². The molecule has 1 aromatic carbocycles. The molecule has 0 unspecified atom stereocenters. The first-order valence-corrected chi connectivity index (χ1v) is 6.29. The van der Waals surface area contributed by atoms with E-state index in [4.69, 9.17) is 15.1 Å². The van der Waals surface area contributed by atoms with Gasteiger partial charge in [-0.15, -0.1) is 0 Å². The van der Waals surface area contributed by atoms with Crippen molar-refractivity contribution < 1.29 is 23.0 Å². The Balaban J connectivity index is 2.22. The first kappa shape index (κ1) is 15.8. The molecule has 0 saturated heterocycles. The number of rotatable bonds is 4. The van der Waals surface area contributed by atoms with E-state index in [0.29, 0.717) is 6.42 Å². The highest BCUT2D eigenvalue weighted by molar-refractivity contribution is 5.47. The summed E-state index contributed by atoms with van der Waals surface area (Å²) in [7, 11) is 0. The fourth-order valence-corrected chi connectivity index (χ4v) is 1.77. The lowest BCUT2D eigenvalue weighted by molar-refractivity contribution is -0.141. The van der Waals surface area contributed by atoms with Crippen LogP contribution in [0.2, 0.25) is 0 Å². The monoisotopic (exact) mass is 308 g/mol. The predicted octanol–water partition coefficient (Wildman–Crippen LogP) is 3.30. The van der Waals surface area contributed by atoms with Gasteiger partial charge in [0.05, 0.1) is 11.8 Å². The number of aromatic nitrogens is 1. The van der Waals surface area contributed by atoms with Crippen molar-refractivity contribution in [3.05, 3.63) is 53.3 Å². The Kier molecular flexibility index (Phi) is 4.63. The molecule has 0 atom stereocenters. The zero-order valence-corrected chi connectivity index (χ0v) is 11.3. The first-order chi connectivity index (χ1) is 10.4. The van der Waals surface area contributed by atoms with Gasteiger partial charge in [-0.1, -0.05) is 6.07 Å². The number of hydrogen-bond acceptors (Lipinski definition) is 4. The van der Waals surface area contributed by atoms with Gasteiger partial charge in [0, 0.05) is 6.61 Å². The van der Waals surface area contributed by atoms with Crippen LogP contribution in [-0.4, -0.2) is 16.7 Å². The molecule has 22 heavy (non-hydrogen) atoms. The SMILES string of the molecule is N#Cc1cc(CCO)ccc1Oc1ccc(C(F)(F)F)nc1. The number of ether oxygens (including phenoxy) is 1. The Morgan fingerprint density at radius 2 is 2.00 bits per heavy atom. The van der Waals surface area contributed by atoms with Crippen molar-refractivity contribution in [1.82, 2.24) is 4.98 Å². The topological polar surface area (TPSA) is 66.1 Å². The van der Waals surface area contributed by atoms with Crippen LogP contribution in [-0.2, 0) is 12.6 Å². The number of aliphatic hydroxyl groups excluding tert-OH is 1.